The first-order valence-electron chi connectivity index (χ1n) is 5.90. The van der Waals surface area contributed by atoms with Crippen molar-refractivity contribution in [1.29, 1.82) is 0 Å². The largest absolute Gasteiger partial charge is 0.103 e. The zero-order valence-electron chi connectivity index (χ0n) is 10.5. The van der Waals surface area contributed by atoms with Crippen molar-refractivity contribution in [1.82, 2.24) is 0 Å². The predicted octanol–water partition coefficient (Wildman–Crippen LogP) is 5.59. The quantitative estimate of drug-likeness (QED) is 0.388. The third-order valence-electron chi connectivity index (χ3n) is 1.46. The van der Waals surface area contributed by atoms with Crippen LogP contribution < -0.4 is 0 Å². The summed E-state index contributed by atoms with van der Waals surface area (Å²) in [6.07, 6.45) is 10.2. The van der Waals surface area contributed by atoms with Crippen LogP contribution in [0.1, 0.15) is 73.1 Å². The first kappa shape index (κ1) is 18.5. The van der Waals surface area contributed by atoms with Crippen LogP contribution in [0.25, 0.3) is 0 Å². The number of rotatable bonds is 5. The molecular weight excluding hydrogens is 156 g/mol. The Bertz CT molecular complexity index is 49.1. The fourth-order valence-electron chi connectivity index (χ4n) is 0.854. The van der Waals surface area contributed by atoms with Gasteiger partial charge in [0.1, 0.15) is 0 Å². The van der Waals surface area contributed by atoms with Gasteiger partial charge in [0, 0.05) is 0 Å². The molecule has 0 nitrogen and oxygen atoms in total. The summed E-state index contributed by atoms with van der Waals surface area (Å²) in [5.41, 5.74) is 0. The van der Waals surface area contributed by atoms with Crippen LogP contribution in [0.5, 0.6) is 0 Å². The van der Waals surface area contributed by atoms with E-state index in [4.69, 9.17) is 0 Å². The molecule has 0 spiro atoms. The van der Waals surface area contributed by atoms with Crippen molar-refractivity contribution in [2.45, 2.75) is 73.1 Å². The zero-order valence-corrected chi connectivity index (χ0v) is 10.5. The van der Waals surface area contributed by atoms with E-state index in [1.54, 1.807) is 6.08 Å². The Balaban J connectivity index is -0.000000169. The Hall–Kier alpha value is -0.260. The highest BCUT2D eigenvalue weighted by Crippen LogP contribution is 2.03. The topological polar surface area (TPSA) is 0 Å². The lowest BCUT2D eigenvalue weighted by molar-refractivity contribution is 0.624. The standard InChI is InChI=1S/C8H18.C3H6.C2H6/c1-3-5-7-8-6-4-2;1-3-2;1-2/h3-8H2,1-2H3;3H,1H2,2H3;1-2H3. The van der Waals surface area contributed by atoms with E-state index < -0.39 is 0 Å². The van der Waals surface area contributed by atoms with Crippen LogP contribution in [0.4, 0.5) is 0 Å². The Labute approximate surface area is 86.4 Å². The molecule has 0 heteroatoms. The minimum Gasteiger partial charge on any atom is -0.103 e. The van der Waals surface area contributed by atoms with Gasteiger partial charge in [-0.25, -0.2) is 0 Å². The Morgan fingerprint density at radius 2 is 1.08 bits per heavy atom. The second-order valence-electron chi connectivity index (χ2n) is 2.82. The van der Waals surface area contributed by atoms with Crippen molar-refractivity contribution in [3.8, 4) is 0 Å². The first-order valence-corrected chi connectivity index (χ1v) is 5.90. The van der Waals surface area contributed by atoms with Gasteiger partial charge in [-0.05, 0) is 6.92 Å². The Morgan fingerprint density at radius 3 is 1.23 bits per heavy atom. The molecule has 0 bridgehead atoms. The molecule has 13 heavy (non-hydrogen) atoms. The van der Waals surface area contributed by atoms with Gasteiger partial charge in [-0.1, -0.05) is 72.3 Å². The molecule has 0 aliphatic carbocycles. The minimum absolute atomic E-state index is 1.36. The number of unbranched alkanes of at least 4 members (excludes halogenated alkanes) is 5. The van der Waals surface area contributed by atoms with Gasteiger partial charge in [0.2, 0.25) is 0 Å². The maximum absolute atomic E-state index is 3.36. The van der Waals surface area contributed by atoms with Crippen LogP contribution in [0.3, 0.4) is 0 Å². The lowest BCUT2D eigenvalue weighted by atomic mass is 10.1. The molecule has 0 aromatic rings. The lowest BCUT2D eigenvalue weighted by Crippen LogP contribution is -1.73. The highest BCUT2D eigenvalue weighted by Gasteiger charge is 1.83. The summed E-state index contributed by atoms with van der Waals surface area (Å²) in [4.78, 5) is 0. The molecule has 0 rings (SSSR count). The lowest BCUT2D eigenvalue weighted by Gasteiger charge is -1.93. The molecule has 0 aromatic heterocycles. The summed E-state index contributed by atoms with van der Waals surface area (Å²) in [7, 11) is 0. The van der Waals surface area contributed by atoms with E-state index in [0.29, 0.717) is 0 Å². The van der Waals surface area contributed by atoms with E-state index in [2.05, 4.69) is 20.4 Å². The maximum atomic E-state index is 3.36. The average Bonchev–Trinajstić information content (AvgIpc) is 2.17. The summed E-state index contributed by atoms with van der Waals surface area (Å²) in [5.74, 6) is 0. The molecule has 82 valence electrons. The summed E-state index contributed by atoms with van der Waals surface area (Å²) < 4.78 is 0. The van der Waals surface area contributed by atoms with E-state index in [0.717, 1.165) is 0 Å². The van der Waals surface area contributed by atoms with Crippen LogP contribution >= 0.6 is 0 Å². The molecule has 0 radical (unpaired) electrons. The number of hydrogen-bond donors (Lipinski definition) is 0. The van der Waals surface area contributed by atoms with Gasteiger partial charge in [0.15, 0.2) is 0 Å². The van der Waals surface area contributed by atoms with Gasteiger partial charge < -0.3 is 0 Å². The second-order valence-corrected chi connectivity index (χ2v) is 2.82. The van der Waals surface area contributed by atoms with Crippen molar-refractivity contribution in [2.24, 2.45) is 0 Å². The maximum Gasteiger partial charge on any atom is -0.0473 e. The molecule has 0 heterocycles. The third kappa shape index (κ3) is 49.6. The Kier molecular flexibility index (Phi) is 42.4. The highest BCUT2D eigenvalue weighted by atomic mass is 13.9. The van der Waals surface area contributed by atoms with Gasteiger partial charge in [-0.2, -0.15) is 0 Å². The average molecular weight is 186 g/mol. The van der Waals surface area contributed by atoms with Gasteiger partial charge >= 0.3 is 0 Å². The van der Waals surface area contributed by atoms with Crippen LogP contribution in [0, 0.1) is 0 Å². The van der Waals surface area contributed by atoms with Gasteiger partial charge in [0.25, 0.3) is 0 Å². The van der Waals surface area contributed by atoms with E-state index >= 15 is 0 Å². The van der Waals surface area contributed by atoms with Crippen molar-refractivity contribution in [3.05, 3.63) is 12.7 Å². The molecule has 0 atom stereocenters. The van der Waals surface area contributed by atoms with Crippen LogP contribution in [0.2, 0.25) is 0 Å². The molecule has 0 amide bonds. The molecule has 0 aromatic carbocycles. The SMILES string of the molecule is C=CC.CC.CCCCCCCC. The molecule has 0 N–H and O–H groups in total. The summed E-state index contributed by atoms with van der Waals surface area (Å²) in [6.45, 7) is 13.8. The highest BCUT2D eigenvalue weighted by molar-refractivity contribution is 4.51. The van der Waals surface area contributed by atoms with Crippen molar-refractivity contribution >= 4 is 0 Å². The smallest absolute Gasteiger partial charge is 0.0473 e. The van der Waals surface area contributed by atoms with Crippen LogP contribution in [0.15, 0.2) is 12.7 Å². The van der Waals surface area contributed by atoms with Crippen molar-refractivity contribution in [2.75, 3.05) is 0 Å². The van der Waals surface area contributed by atoms with E-state index in [9.17, 15) is 0 Å². The summed E-state index contributed by atoms with van der Waals surface area (Å²) >= 11 is 0. The summed E-state index contributed by atoms with van der Waals surface area (Å²) in [6, 6.07) is 0. The second kappa shape index (κ2) is 29.8. The molecule has 0 unspecified atom stereocenters. The van der Waals surface area contributed by atoms with Crippen LogP contribution in [-0.2, 0) is 0 Å². The predicted molar refractivity (Wildman–Crippen MR) is 66.3 cm³/mol. The molecule has 0 aliphatic heterocycles. The number of allylic oxidation sites excluding steroid dienone is 1. The molecule has 0 saturated heterocycles. The van der Waals surface area contributed by atoms with E-state index in [-0.39, 0.29) is 0 Å². The minimum atomic E-state index is 1.36. The molecule has 0 saturated carbocycles. The van der Waals surface area contributed by atoms with Gasteiger partial charge in [-0.3, -0.25) is 0 Å². The number of hydrogen-bond acceptors (Lipinski definition) is 0. The van der Waals surface area contributed by atoms with Gasteiger partial charge in [-0.15, -0.1) is 6.58 Å². The molecule has 0 fully saturated rings. The zero-order chi connectivity index (χ0) is 10.9. The Morgan fingerprint density at radius 1 is 0.846 bits per heavy atom. The van der Waals surface area contributed by atoms with Crippen molar-refractivity contribution in [3.63, 3.8) is 0 Å². The van der Waals surface area contributed by atoms with E-state index in [1.165, 1.54) is 38.5 Å². The monoisotopic (exact) mass is 186 g/mol. The van der Waals surface area contributed by atoms with Crippen LogP contribution in [-0.4, -0.2) is 0 Å². The summed E-state index contributed by atoms with van der Waals surface area (Å²) in [5, 5.41) is 0. The van der Waals surface area contributed by atoms with Gasteiger partial charge in [0.05, 0.1) is 0 Å². The normalized spacial score (nSPS) is 7.46. The van der Waals surface area contributed by atoms with E-state index in [1.807, 2.05) is 20.8 Å². The molecular formula is C13H30. The first-order chi connectivity index (χ1) is 6.33. The fourth-order valence-corrected chi connectivity index (χ4v) is 0.854. The molecule has 0 aliphatic rings. The van der Waals surface area contributed by atoms with Crippen molar-refractivity contribution < 1.29 is 0 Å². The third-order valence-corrected chi connectivity index (χ3v) is 1.46. The fraction of sp³-hybridized carbons (Fsp3) is 0.846.